The second kappa shape index (κ2) is 8.83. The lowest BCUT2D eigenvalue weighted by Gasteiger charge is -2.09. The first-order chi connectivity index (χ1) is 15.5. The molecule has 3 aromatic heterocycles. The molecule has 158 valence electrons. The van der Waals surface area contributed by atoms with E-state index in [1.165, 1.54) is 10.9 Å². The number of nitrogens with zero attached hydrogens (tertiary/aromatic N) is 5. The number of rotatable bonds is 5. The minimum atomic E-state index is -0.612. The van der Waals surface area contributed by atoms with E-state index in [1.807, 2.05) is 6.07 Å². The van der Waals surface area contributed by atoms with Crippen LogP contribution in [0.15, 0.2) is 54.9 Å². The van der Waals surface area contributed by atoms with Crippen molar-refractivity contribution in [2.45, 2.75) is 6.42 Å². The third-order valence-corrected chi connectivity index (χ3v) is 4.82. The van der Waals surface area contributed by atoms with Gasteiger partial charge in [-0.2, -0.15) is 10.4 Å². The third kappa shape index (κ3) is 4.26. The topological polar surface area (TPSA) is 123 Å². The second-order valence-electron chi connectivity index (χ2n) is 6.74. The van der Waals surface area contributed by atoms with E-state index in [1.54, 1.807) is 55.7 Å². The number of benzene rings is 1. The molecule has 0 saturated carbocycles. The molecule has 2 amide bonds. The van der Waals surface area contributed by atoms with Crippen molar-refractivity contribution in [2.75, 3.05) is 0 Å². The Labute approximate surface area is 187 Å². The Morgan fingerprint density at radius 2 is 1.97 bits per heavy atom. The van der Waals surface area contributed by atoms with E-state index in [0.717, 1.165) is 0 Å². The van der Waals surface area contributed by atoms with E-state index in [2.05, 4.69) is 20.4 Å². The minimum Gasteiger partial charge on any atom is -0.436 e. The molecule has 0 radical (unpaired) electrons. The lowest BCUT2D eigenvalue weighted by molar-refractivity contribution is -0.119. The predicted molar refractivity (Wildman–Crippen MR) is 115 cm³/mol. The number of hydrogen-bond donors (Lipinski definition) is 1. The van der Waals surface area contributed by atoms with Crippen LogP contribution in [0.2, 0.25) is 5.02 Å². The van der Waals surface area contributed by atoms with Gasteiger partial charge < -0.3 is 4.74 Å². The van der Waals surface area contributed by atoms with Gasteiger partial charge in [-0.25, -0.2) is 14.6 Å². The van der Waals surface area contributed by atoms with Crippen LogP contribution in [-0.4, -0.2) is 31.6 Å². The number of aromatic nitrogens is 4. The van der Waals surface area contributed by atoms with Gasteiger partial charge in [-0.1, -0.05) is 17.7 Å². The maximum atomic E-state index is 12.5. The molecular formula is C22H15ClN6O3. The summed E-state index contributed by atoms with van der Waals surface area (Å²) in [6.45, 7) is 0. The zero-order valence-corrected chi connectivity index (χ0v) is 17.5. The number of aryl methyl sites for hydroxylation is 1. The van der Waals surface area contributed by atoms with Gasteiger partial charge in [0.05, 0.1) is 16.8 Å². The number of nitrogens with one attached hydrogen (secondary N) is 1. The third-order valence-electron chi connectivity index (χ3n) is 4.53. The molecule has 0 spiro atoms. The van der Waals surface area contributed by atoms with Crippen LogP contribution in [0.4, 0.5) is 0 Å². The normalized spacial score (nSPS) is 10.5. The summed E-state index contributed by atoms with van der Waals surface area (Å²) in [6, 6.07) is 13.4. The molecule has 0 aliphatic carbocycles. The molecule has 3 heterocycles. The molecule has 0 unspecified atom stereocenters. The first-order valence-corrected chi connectivity index (χ1v) is 9.77. The number of halogens is 1. The molecule has 0 aliphatic rings. The average molecular weight is 447 g/mol. The van der Waals surface area contributed by atoms with Crippen molar-refractivity contribution in [1.82, 2.24) is 25.1 Å². The molecule has 0 saturated heterocycles. The Hall–Kier alpha value is -4.29. The number of hydrogen-bond acceptors (Lipinski definition) is 7. The van der Waals surface area contributed by atoms with Crippen LogP contribution in [0.3, 0.4) is 0 Å². The monoisotopic (exact) mass is 446 g/mol. The summed E-state index contributed by atoms with van der Waals surface area (Å²) in [7, 11) is 1.67. The first-order valence-electron chi connectivity index (χ1n) is 9.39. The van der Waals surface area contributed by atoms with E-state index in [4.69, 9.17) is 21.6 Å². The SMILES string of the molecule is Cn1nc(C(=O)NC(=O)Cc2ccc(Oc3ncccc3C#N)c(Cl)c2)c2cccnc21. The molecule has 1 aromatic carbocycles. The smallest absolute Gasteiger partial charge is 0.279 e. The summed E-state index contributed by atoms with van der Waals surface area (Å²) >= 11 is 6.27. The van der Waals surface area contributed by atoms with Crippen LogP contribution in [0.5, 0.6) is 11.6 Å². The van der Waals surface area contributed by atoms with E-state index in [-0.39, 0.29) is 34.3 Å². The molecule has 32 heavy (non-hydrogen) atoms. The number of carbonyl (C=O) groups excluding carboxylic acids is 2. The molecule has 4 rings (SSSR count). The summed E-state index contributed by atoms with van der Waals surface area (Å²) in [5.74, 6) is -0.711. The number of amides is 2. The van der Waals surface area contributed by atoms with Gasteiger partial charge >= 0.3 is 0 Å². The predicted octanol–water partition coefficient (Wildman–Crippen LogP) is 3.18. The van der Waals surface area contributed by atoms with Crippen LogP contribution in [0.25, 0.3) is 11.0 Å². The molecule has 10 heteroatoms. The number of carbonyl (C=O) groups is 2. The Bertz CT molecular complexity index is 1390. The first kappa shape index (κ1) is 21.0. The fourth-order valence-electron chi connectivity index (χ4n) is 3.07. The van der Waals surface area contributed by atoms with Gasteiger partial charge in [-0.3, -0.25) is 14.9 Å². The van der Waals surface area contributed by atoms with Crippen molar-refractivity contribution < 1.29 is 14.3 Å². The molecule has 9 nitrogen and oxygen atoms in total. The number of fused-ring (bicyclic) bond motifs is 1. The summed E-state index contributed by atoms with van der Waals surface area (Å²) in [4.78, 5) is 33.2. The van der Waals surface area contributed by atoms with Gasteiger partial charge in [0.15, 0.2) is 11.3 Å². The number of nitriles is 1. The van der Waals surface area contributed by atoms with Crippen LogP contribution in [-0.2, 0) is 18.3 Å². The largest absolute Gasteiger partial charge is 0.436 e. The van der Waals surface area contributed by atoms with Crippen molar-refractivity contribution in [3.63, 3.8) is 0 Å². The van der Waals surface area contributed by atoms with E-state index in [0.29, 0.717) is 16.6 Å². The number of pyridine rings is 2. The van der Waals surface area contributed by atoms with Crippen molar-refractivity contribution in [1.29, 1.82) is 5.26 Å². The Morgan fingerprint density at radius 1 is 1.19 bits per heavy atom. The number of ether oxygens (including phenoxy) is 1. The standard InChI is InChI=1S/C22H15ClN6O3/c1-29-20-15(5-3-8-25-20)19(28-29)21(31)27-18(30)11-13-6-7-17(16(23)10-13)32-22-14(12-24)4-2-9-26-22/h2-10H,11H2,1H3,(H,27,30,31). The fraction of sp³-hybridized carbons (Fsp3) is 0.0909. The zero-order valence-electron chi connectivity index (χ0n) is 16.7. The van der Waals surface area contributed by atoms with Gasteiger partial charge in [0.25, 0.3) is 5.91 Å². The van der Waals surface area contributed by atoms with E-state index in [9.17, 15) is 9.59 Å². The second-order valence-corrected chi connectivity index (χ2v) is 7.14. The lowest BCUT2D eigenvalue weighted by atomic mass is 10.1. The van der Waals surface area contributed by atoms with Crippen LogP contribution in [0.1, 0.15) is 21.6 Å². The maximum absolute atomic E-state index is 12.5. The van der Waals surface area contributed by atoms with Gasteiger partial charge in [0.1, 0.15) is 17.4 Å². The lowest BCUT2D eigenvalue weighted by Crippen LogP contribution is -2.32. The summed E-state index contributed by atoms with van der Waals surface area (Å²) in [5.41, 5.74) is 1.50. The van der Waals surface area contributed by atoms with Crippen LogP contribution < -0.4 is 10.1 Å². The average Bonchev–Trinajstić information content (AvgIpc) is 3.13. The summed E-state index contributed by atoms with van der Waals surface area (Å²) < 4.78 is 7.10. The highest BCUT2D eigenvalue weighted by Crippen LogP contribution is 2.30. The maximum Gasteiger partial charge on any atom is 0.279 e. The molecule has 1 N–H and O–H groups in total. The van der Waals surface area contributed by atoms with Crippen molar-refractivity contribution >= 4 is 34.4 Å². The highest BCUT2D eigenvalue weighted by molar-refractivity contribution is 6.32. The highest BCUT2D eigenvalue weighted by Gasteiger charge is 2.19. The highest BCUT2D eigenvalue weighted by atomic mass is 35.5. The molecule has 0 bridgehead atoms. The van der Waals surface area contributed by atoms with Gasteiger partial charge in [-0.15, -0.1) is 0 Å². The molecule has 4 aromatic rings. The summed E-state index contributed by atoms with van der Waals surface area (Å²) in [6.07, 6.45) is 3.02. The Balaban J connectivity index is 1.45. The van der Waals surface area contributed by atoms with Crippen molar-refractivity contribution in [3.05, 3.63) is 76.7 Å². The molecule has 0 atom stereocenters. The summed E-state index contributed by atoms with van der Waals surface area (Å²) in [5, 5.41) is 16.4. The van der Waals surface area contributed by atoms with Crippen molar-refractivity contribution in [2.24, 2.45) is 7.05 Å². The zero-order chi connectivity index (χ0) is 22.7. The van der Waals surface area contributed by atoms with E-state index >= 15 is 0 Å². The minimum absolute atomic E-state index is 0.0816. The molecular weight excluding hydrogens is 432 g/mol. The van der Waals surface area contributed by atoms with Gasteiger partial charge in [0.2, 0.25) is 11.8 Å². The van der Waals surface area contributed by atoms with Crippen molar-refractivity contribution in [3.8, 4) is 17.7 Å². The van der Waals surface area contributed by atoms with Gasteiger partial charge in [0, 0.05) is 19.4 Å². The van der Waals surface area contributed by atoms with Crippen LogP contribution in [0, 0.1) is 11.3 Å². The molecule has 0 fully saturated rings. The molecule has 0 aliphatic heterocycles. The quantitative estimate of drug-likeness (QED) is 0.499. The Kier molecular flexibility index (Phi) is 5.79. The Morgan fingerprint density at radius 3 is 2.75 bits per heavy atom. The van der Waals surface area contributed by atoms with Crippen LogP contribution >= 0.6 is 11.6 Å². The van der Waals surface area contributed by atoms with Gasteiger partial charge in [-0.05, 0) is 42.0 Å². The van der Waals surface area contributed by atoms with E-state index < -0.39 is 11.8 Å². The fourth-order valence-corrected chi connectivity index (χ4v) is 3.31. The number of imide groups is 1.